The number of rotatable bonds is 4. The molecule has 1 aromatic carbocycles. The van der Waals surface area contributed by atoms with Crippen molar-refractivity contribution in [1.82, 2.24) is 0 Å². The molecule has 1 aromatic rings. The van der Waals surface area contributed by atoms with Gasteiger partial charge in [-0.3, -0.25) is 0 Å². The summed E-state index contributed by atoms with van der Waals surface area (Å²) in [6.07, 6.45) is 0.281. The highest BCUT2D eigenvalue weighted by Crippen LogP contribution is 2.10. The molecule has 0 aromatic heterocycles. The van der Waals surface area contributed by atoms with Gasteiger partial charge in [-0.15, -0.1) is 0 Å². The van der Waals surface area contributed by atoms with Crippen molar-refractivity contribution >= 4 is 11.7 Å². The molecule has 0 aliphatic carbocycles. The number of aliphatic hydroxyl groups excluding tert-OH is 1. The molecule has 0 aliphatic heterocycles. The molecule has 0 atom stereocenters. The van der Waals surface area contributed by atoms with Gasteiger partial charge in [0, 0.05) is 6.42 Å². The first-order valence-corrected chi connectivity index (χ1v) is 5.16. The Morgan fingerprint density at radius 1 is 1.35 bits per heavy atom. The summed E-state index contributed by atoms with van der Waals surface area (Å²) in [6, 6.07) is 9.31. The van der Waals surface area contributed by atoms with Crippen LogP contribution in [0.1, 0.15) is 12.5 Å². The largest absolute Gasteiger partial charge is 0.512 e. The topological polar surface area (TPSA) is 70.4 Å². The fraction of sp³-hybridized carbons (Fsp3) is 0.231. The van der Waals surface area contributed by atoms with Gasteiger partial charge in [0.2, 0.25) is 0 Å². The van der Waals surface area contributed by atoms with Crippen LogP contribution in [0.4, 0.5) is 0 Å². The van der Waals surface area contributed by atoms with Crippen LogP contribution in [0.5, 0.6) is 0 Å². The molecule has 0 unspecified atom stereocenters. The van der Waals surface area contributed by atoms with E-state index in [1.165, 1.54) is 14.0 Å². The predicted molar refractivity (Wildman–Crippen MR) is 65.2 cm³/mol. The van der Waals surface area contributed by atoms with Gasteiger partial charge in [-0.1, -0.05) is 30.3 Å². The van der Waals surface area contributed by atoms with Crippen LogP contribution in [-0.2, 0) is 16.0 Å². The van der Waals surface area contributed by atoms with E-state index < -0.39 is 5.97 Å². The Bertz CT molecular complexity index is 445. The SMILES string of the molecule is COC(=O)/C(C(=N)Cc1ccccc1)=C(/C)O. The molecular weight excluding hydrogens is 218 g/mol. The molecule has 0 saturated carbocycles. The highest BCUT2D eigenvalue weighted by Gasteiger charge is 2.18. The van der Waals surface area contributed by atoms with Crippen molar-refractivity contribution in [3.8, 4) is 0 Å². The third-order valence-electron chi connectivity index (χ3n) is 2.28. The van der Waals surface area contributed by atoms with E-state index >= 15 is 0 Å². The summed E-state index contributed by atoms with van der Waals surface area (Å²) >= 11 is 0. The van der Waals surface area contributed by atoms with Crippen LogP contribution in [-0.4, -0.2) is 23.9 Å². The van der Waals surface area contributed by atoms with Gasteiger partial charge in [-0.05, 0) is 12.5 Å². The molecule has 0 radical (unpaired) electrons. The second kappa shape index (κ2) is 5.84. The van der Waals surface area contributed by atoms with E-state index in [0.717, 1.165) is 5.56 Å². The van der Waals surface area contributed by atoms with Gasteiger partial charge >= 0.3 is 5.97 Å². The minimum Gasteiger partial charge on any atom is -0.512 e. The Kier molecular flexibility index (Phi) is 4.46. The number of nitrogens with one attached hydrogen (secondary N) is 1. The predicted octanol–water partition coefficient (Wildman–Crippen LogP) is 2.25. The van der Waals surface area contributed by atoms with Crippen LogP contribution in [0.15, 0.2) is 41.7 Å². The molecule has 17 heavy (non-hydrogen) atoms. The van der Waals surface area contributed by atoms with Crippen molar-refractivity contribution in [3.63, 3.8) is 0 Å². The lowest BCUT2D eigenvalue weighted by Crippen LogP contribution is -2.17. The van der Waals surface area contributed by atoms with E-state index in [4.69, 9.17) is 5.41 Å². The minimum absolute atomic E-state index is 0.0445. The molecule has 0 heterocycles. The number of benzene rings is 1. The number of ether oxygens (including phenoxy) is 1. The highest BCUT2D eigenvalue weighted by molar-refractivity contribution is 6.19. The van der Waals surface area contributed by atoms with Crippen LogP contribution in [0.3, 0.4) is 0 Å². The zero-order valence-corrected chi connectivity index (χ0v) is 9.86. The van der Waals surface area contributed by atoms with E-state index in [2.05, 4.69) is 4.74 Å². The Labute approximate surface area is 100 Å². The zero-order chi connectivity index (χ0) is 12.8. The zero-order valence-electron chi connectivity index (χ0n) is 9.86. The molecule has 0 aliphatic rings. The molecule has 0 bridgehead atoms. The summed E-state index contributed by atoms with van der Waals surface area (Å²) in [7, 11) is 1.22. The first-order chi connectivity index (χ1) is 8.06. The first-order valence-electron chi connectivity index (χ1n) is 5.16. The number of hydrogen-bond donors (Lipinski definition) is 2. The maximum atomic E-state index is 11.4. The van der Waals surface area contributed by atoms with Crippen LogP contribution < -0.4 is 0 Å². The molecule has 2 N–H and O–H groups in total. The van der Waals surface area contributed by atoms with E-state index in [1.807, 2.05) is 30.3 Å². The minimum atomic E-state index is -0.689. The van der Waals surface area contributed by atoms with E-state index in [9.17, 15) is 9.90 Å². The number of carbonyl (C=O) groups excluding carboxylic acids is 1. The number of hydrogen-bond acceptors (Lipinski definition) is 4. The van der Waals surface area contributed by atoms with Gasteiger partial charge in [0.05, 0.1) is 12.8 Å². The third-order valence-corrected chi connectivity index (χ3v) is 2.28. The number of allylic oxidation sites excluding steroid dienone is 1. The van der Waals surface area contributed by atoms with Gasteiger partial charge in [0.15, 0.2) is 0 Å². The summed E-state index contributed by atoms with van der Waals surface area (Å²) in [6.45, 7) is 1.37. The quantitative estimate of drug-likeness (QED) is 0.362. The lowest BCUT2D eigenvalue weighted by atomic mass is 10.0. The maximum Gasteiger partial charge on any atom is 0.343 e. The van der Waals surface area contributed by atoms with E-state index in [1.54, 1.807) is 0 Å². The number of carbonyl (C=O) groups is 1. The van der Waals surface area contributed by atoms with E-state index in [0.29, 0.717) is 0 Å². The van der Waals surface area contributed by atoms with Gasteiger partial charge in [0.25, 0.3) is 0 Å². The second-order valence-corrected chi connectivity index (χ2v) is 3.59. The van der Waals surface area contributed by atoms with Crippen molar-refractivity contribution in [2.75, 3.05) is 7.11 Å². The smallest absolute Gasteiger partial charge is 0.343 e. The molecule has 0 amide bonds. The standard InChI is InChI=1S/C13H15NO3/c1-9(15)12(13(16)17-2)11(14)8-10-6-4-3-5-7-10/h3-7,14-15H,8H2,1-2H3/b12-9-,14-11?. The van der Waals surface area contributed by atoms with Gasteiger partial charge < -0.3 is 15.3 Å². The van der Waals surface area contributed by atoms with Crippen molar-refractivity contribution in [2.45, 2.75) is 13.3 Å². The van der Waals surface area contributed by atoms with E-state index in [-0.39, 0.29) is 23.5 Å². The fourth-order valence-corrected chi connectivity index (χ4v) is 1.48. The summed E-state index contributed by atoms with van der Waals surface area (Å²) in [5, 5.41) is 17.2. The molecular formula is C13H15NO3. The summed E-state index contributed by atoms with van der Waals surface area (Å²) in [5.41, 5.74) is 0.875. The molecule has 90 valence electrons. The average molecular weight is 233 g/mol. The van der Waals surface area contributed by atoms with Crippen LogP contribution in [0.25, 0.3) is 0 Å². The molecule has 1 rings (SSSR count). The summed E-state index contributed by atoms with van der Waals surface area (Å²) in [5.74, 6) is -0.885. The van der Waals surface area contributed by atoms with Gasteiger partial charge in [0.1, 0.15) is 11.3 Å². The summed E-state index contributed by atoms with van der Waals surface area (Å²) < 4.78 is 4.53. The normalized spacial score (nSPS) is 11.6. The van der Waals surface area contributed by atoms with Crippen molar-refractivity contribution < 1.29 is 14.6 Å². The van der Waals surface area contributed by atoms with Crippen molar-refractivity contribution in [3.05, 3.63) is 47.2 Å². The second-order valence-electron chi connectivity index (χ2n) is 3.59. The molecule has 4 nitrogen and oxygen atoms in total. The maximum absolute atomic E-state index is 11.4. The van der Waals surface area contributed by atoms with Crippen LogP contribution in [0, 0.1) is 5.41 Å². The number of aliphatic hydroxyl groups is 1. The lowest BCUT2D eigenvalue weighted by molar-refractivity contribution is -0.135. The molecule has 0 saturated heterocycles. The highest BCUT2D eigenvalue weighted by atomic mass is 16.5. The van der Waals surface area contributed by atoms with Gasteiger partial charge in [-0.2, -0.15) is 0 Å². The Morgan fingerprint density at radius 2 is 1.94 bits per heavy atom. The Balaban J connectivity index is 2.89. The van der Waals surface area contributed by atoms with Crippen molar-refractivity contribution in [1.29, 1.82) is 5.41 Å². The molecule has 0 fully saturated rings. The van der Waals surface area contributed by atoms with Crippen LogP contribution in [0.2, 0.25) is 0 Å². The first kappa shape index (κ1) is 13.0. The van der Waals surface area contributed by atoms with Crippen LogP contribution >= 0.6 is 0 Å². The summed E-state index contributed by atoms with van der Waals surface area (Å²) in [4.78, 5) is 11.4. The average Bonchev–Trinajstić information content (AvgIpc) is 2.29. The molecule has 0 spiro atoms. The lowest BCUT2D eigenvalue weighted by Gasteiger charge is -2.08. The third kappa shape index (κ3) is 3.45. The fourth-order valence-electron chi connectivity index (χ4n) is 1.48. The number of methoxy groups -OCH3 is 1. The molecule has 4 heteroatoms. The Morgan fingerprint density at radius 3 is 2.41 bits per heavy atom. The number of esters is 1. The van der Waals surface area contributed by atoms with Gasteiger partial charge in [-0.25, -0.2) is 4.79 Å². The van der Waals surface area contributed by atoms with Crippen molar-refractivity contribution in [2.24, 2.45) is 0 Å². The Hall–Kier alpha value is -2.10. The monoisotopic (exact) mass is 233 g/mol.